The summed E-state index contributed by atoms with van der Waals surface area (Å²) in [5, 5.41) is 12.7. The number of nitrogens with one attached hydrogen (secondary N) is 1. The van der Waals surface area contributed by atoms with Gasteiger partial charge in [0.15, 0.2) is 0 Å². The Bertz CT molecular complexity index is 374. The van der Waals surface area contributed by atoms with Crippen LogP contribution in [0.1, 0.15) is 30.9 Å². The minimum absolute atomic E-state index is 0.0940. The third-order valence-electron chi connectivity index (χ3n) is 3.11. The largest absolute Gasteiger partial charge is 0.388 e. The van der Waals surface area contributed by atoms with Crippen molar-refractivity contribution in [2.24, 2.45) is 0 Å². The maximum atomic E-state index is 11.7. The minimum Gasteiger partial charge on any atom is -0.388 e. The molecule has 1 aromatic rings. The molecule has 4 heteroatoms. The molecule has 0 bridgehead atoms. The van der Waals surface area contributed by atoms with Crippen LogP contribution in [-0.2, 0) is 9.53 Å². The highest BCUT2D eigenvalue weighted by Crippen LogP contribution is 2.16. The number of benzene rings is 1. The van der Waals surface area contributed by atoms with E-state index in [1.54, 1.807) is 0 Å². The van der Waals surface area contributed by atoms with Gasteiger partial charge in [-0.2, -0.15) is 0 Å². The first kappa shape index (κ1) is 13.1. The maximum absolute atomic E-state index is 11.7. The van der Waals surface area contributed by atoms with Gasteiger partial charge < -0.3 is 15.2 Å². The van der Waals surface area contributed by atoms with Crippen molar-refractivity contribution in [1.82, 2.24) is 5.32 Å². The SMILES string of the molecule is O=C(CC(O)c1ccccc1)NCC1CCCO1. The molecule has 4 nitrogen and oxygen atoms in total. The summed E-state index contributed by atoms with van der Waals surface area (Å²) in [5.41, 5.74) is 0.768. The smallest absolute Gasteiger partial charge is 0.223 e. The van der Waals surface area contributed by atoms with Crippen LogP contribution in [0.5, 0.6) is 0 Å². The summed E-state index contributed by atoms with van der Waals surface area (Å²) in [6, 6.07) is 9.22. The van der Waals surface area contributed by atoms with Crippen molar-refractivity contribution in [1.29, 1.82) is 0 Å². The Morgan fingerprint density at radius 1 is 1.44 bits per heavy atom. The molecule has 2 unspecified atom stereocenters. The summed E-state index contributed by atoms with van der Waals surface area (Å²) < 4.78 is 5.42. The number of hydrogen-bond donors (Lipinski definition) is 2. The molecule has 18 heavy (non-hydrogen) atoms. The fourth-order valence-corrected chi connectivity index (χ4v) is 2.07. The van der Waals surface area contributed by atoms with Gasteiger partial charge in [0.1, 0.15) is 0 Å². The van der Waals surface area contributed by atoms with Crippen LogP contribution in [0.25, 0.3) is 0 Å². The second kappa shape index (κ2) is 6.52. The summed E-state index contributed by atoms with van der Waals surface area (Å²) >= 11 is 0. The van der Waals surface area contributed by atoms with E-state index >= 15 is 0 Å². The van der Waals surface area contributed by atoms with Gasteiger partial charge in [-0.15, -0.1) is 0 Å². The number of aliphatic hydroxyl groups excluding tert-OH is 1. The van der Waals surface area contributed by atoms with E-state index in [1.165, 1.54) is 0 Å². The molecule has 1 amide bonds. The second-order valence-electron chi connectivity index (χ2n) is 4.57. The summed E-state index contributed by atoms with van der Waals surface area (Å²) in [4.78, 5) is 11.7. The van der Waals surface area contributed by atoms with Crippen molar-refractivity contribution in [3.05, 3.63) is 35.9 Å². The third kappa shape index (κ3) is 3.82. The fourth-order valence-electron chi connectivity index (χ4n) is 2.07. The van der Waals surface area contributed by atoms with Crippen LogP contribution in [0.2, 0.25) is 0 Å². The highest BCUT2D eigenvalue weighted by atomic mass is 16.5. The average Bonchev–Trinajstić information content (AvgIpc) is 2.90. The number of rotatable bonds is 5. The molecule has 2 N–H and O–H groups in total. The fraction of sp³-hybridized carbons (Fsp3) is 0.500. The van der Waals surface area contributed by atoms with Gasteiger partial charge in [0.25, 0.3) is 0 Å². The molecule has 1 fully saturated rings. The predicted octanol–water partition coefficient (Wildman–Crippen LogP) is 1.41. The zero-order valence-electron chi connectivity index (χ0n) is 10.3. The lowest BCUT2D eigenvalue weighted by Gasteiger charge is -2.13. The van der Waals surface area contributed by atoms with E-state index in [2.05, 4.69) is 5.32 Å². The molecule has 1 heterocycles. The molecule has 1 aliphatic rings. The number of hydrogen-bond acceptors (Lipinski definition) is 3. The van der Waals surface area contributed by atoms with Gasteiger partial charge in [0.05, 0.1) is 18.6 Å². The molecule has 2 rings (SSSR count). The highest BCUT2D eigenvalue weighted by molar-refractivity contribution is 5.76. The molecule has 0 aliphatic carbocycles. The lowest BCUT2D eigenvalue weighted by molar-refractivity contribution is -0.123. The Balaban J connectivity index is 1.73. The first-order chi connectivity index (χ1) is 8.75. The Labute approximate surface area is 107 Å². The van der Waals surface area contributed by atoms with E-state index in [4.69, 9.17) is 4.74 Å². The van der Waals surface area contributed by atoms with Crippen LogP contribution >= 0.6 is 0 Å². The van der Waals surface area contributed by atoms with Crippen molar-refractivity contribution in [2.75, 3.05) is 13.2 Å². The predicted molar refractivity (Wildman–Crippen MR) is 68.0 cm³/mol. The molecular weight excluding hydrogens is 230 g/mol. The lowest BCUT2D eigenvalue weighted by Crippen LogP contribution is -2.32. The van der Waals surface area contributed by atoms with Crippen LogP contribution in [0, 0.1) is 0 Å². The molecule has 0 spiro atoms. The van der Waals surface area contributed by atoms with Crippen molar-refractivity contribution in [3.63, 3.8) is 0 Å². The van der Waals surface area contributed by atoms with E-state index in [-0.39, 0.29) is 18.4 Å². The van der Waals surface area contributed by atoms with Crippen molar-refractivity contribution in [3.8, 4) is 0 Å². The molecular formula is C14H19NO3. The Hall–Kier alpha value is -1.39. The topological polar surface area (TPSA) is 58.6 Å². The number of aliphatic hydroxyl groups is 1. The van der Waals surface area contributed by atoms with E-state index < -0.39 is 6.10 Å². The zero-order chi connectivity index (χ0) is 12.8. The standard InChI is InChI=1S/C14H19NO3/c16-13(11-5-2-1-3-6-11)9-14(17)15-10-12-7-4-8-18-12/h1-3,5-6,12-13,16H,4,7-10H2,(H,15,17). The van der Waals surface area contributed by atoms with Crippen molar-refractivity contribution >= 4 is 5.91 Å². The van der Waals surface area contributed by atoms with Crippen molar-refractivity contribution in [2.45, 2.75) is 31.5 Å². The highest BCUT2D eigenvalue weighted by Gasteiger charge is 2.17. The first-order valence-electron chi connectivity index (χ1n) is 6.37. The molecule has 2 atom stereocenters. The van der Waals surface area contributed by atoms with E-state index in [9.17, 15) is 9.90 Å². The van der Waals surface area contributed by atoms with Crippen LogP contribution in [0.3, 0.4) is 0 Å². The Morgan fingerprint density at radius 2 is 2.22 bits per heavy atom. The van der Waals surface area contributed by atoms with Crippen molar-refractivity contribution < 1.29 is 14.6 Å². The summed E-state index contributed by atoms with van der Waals surface area (Å²) in [6.07, 6.45) is 1.56. The van der Waals surface area contributed by atoms with Crippen LogP contribution in [-0.4, -0.2) is 30.3 Å². The zero-order valence-corrected chi connectivity index (χ0v) is 10.3. The van der Waals surface area contributed by atoms with E-state index in [0.717, 1.165) is 25.0 Å². The van der Waals surface area contributed by atoms with Gasteiger partial charge in [0, 0.05) is 13.2 Å². The third-order valence-corrected chi connectivity index (χ3v) is 3.11. The average molecular weight is 249 g/mol. The van der Waals surface area contributed by atoms with Gasteiger partial charge in [-0.1, -0.05) is 30.3 Å². The van der Waals surface area contributed by atoms with Gasteiger partial charge in [-0.05, 0) is 18.4 Å². The normalized spacial score (nSPS) is 20.6. The molecule has 0 saturated carbocycles. The van der Waals surface area contributed by atoms with E-state index in [0.29, 0.717) is 6.54 Å². The van der Waals surface area contributed by atoms with Crippen LogP contribution in [0.4, 0.5) is 0 Å². The first-order valence-corrected chi connectivity index (χ1v) is 6.37. The van der Waals surface area contributed by atoms with E-state index in [1.807, 2.05) is 30.3 Å². The molecule has 1 aliphatic heterocycles. The molecule has 1 saturated heterocycles. The summed E-state index contributed by atoms with van der Waals surface area (Å²) in [5.74, 6) is -0.137. The van der Waals surface area contributed by atoms with Gasteiger partial charge in [-0.25, -0.2) is 0 Å². The quantitative estimate of drug-likeness (QED) is 0.829. The monoisotopic (exact) mass is 249 g/mol. The van der Waals surface area contributed by atoms with Gasteiger partial charge in [0.2, 0.25) is 5.91 Å². The lowest BCUT2D eigenvalue weighted by atomic mass is 10.1. The molecule has 0 aromatic heterocycles. The molecule has 0 radical (unpaired) electrons. The second-order valence-corrected chi connectivity index (χ2v) is 4.57. The molecule has 98 valence electrons. The molecule has 1 aromatic carbocycles. The Morgan fingerprint density at radius 3 is 2.89 bits per heavy atom. The summed E-state index contributed by atoms with van der Waals surface area (Å²) in [6.45, 7) is 1.33. The maximum Gasteiger partial charge on any atom is 0.223 e. The number of carbonyl (C=O) groups excluding carboxylic acids is 1. The summed E-state index contributed by atoms with van der Waals surface area (Å²) in [7, 11) is 0. The van der Waals surface area contributed by atoms with Gasteiger partial charge in [-0.3, -0.25) is 4.79 Å². The van der Waals surface area contributed by atoms with Crippen LogP contribution in [0.15, 0.2) is 30.3 Å². The number of ether oxygens (including phenoxy) is 1. The minimum atomic E-state index is -0.740. The van der Waals surface area contributed by atoms with Gasteiger partial charge >= 0.3 is 0 Å². The number of carbonyl (C=O) groups is 1. The number of amides is 1. The Kier molecular flexibility index (Phi) is 4.73. The van der Waals surface area contributed by atoms with Crippen LogP contribution < -0.4 is 5.32 Å².